The summed E-state index contributed by atoms with van der Waals surface area (Å²) >= 11 is 0. The van der Waals surface area contributed by atoms with E-state index >= 15 is 0 Å². The third-order valence-electron chi connectivity index (χ3n) is 3.17. The van der Waals surface area contributed by atoms with E-state index in [1.54, 1.807) is 6.07 Å². The normalized spacial score (nSPS) is 11.8. The maximum Gasteiger partial charge on any atom is 0.240 e. The lowest BCUT2D eigenvalue weighted by Crippen LogP contribution is -2.27. The minimum absolute atomic E-state index is 0.201. The third kappa shape index (κ3) is 4.77. The van der Waals surface area contributed by atoms with Crippen molar-refractivity contribution in [3.8, 4) is 0 Å². The van der Waals surface area contributed by atoms with Crippen LogP contribution in [0.4, 0.5) is 5.69 Å². The number of unbranched alkanes of at least 4 members (excludes halogenated alkanes) is 1. The van der Waals surface area contributed by atoms with Crippen molar-refractivity contribution in [3.63, 3.8) is 0 Å². The van der Waals surface area contributed by atoms with Gasteiger partial charge < -0.3 is 10.5 Å². The fourth-order valence-corrected chi connectivity index (χ4v) is 2.82. The van der Waals surface area contributed by atoms with E-state index in [1.807, 2.05) is 13.8 Å². The second kappa shape index (κ2) is 7.61. The zero-order valence-electron chi connectivity index (χ0n) is 12.4. The Hall–Kier alpha value is -1.11. The molecule has 6 heteroatoms. The van der Waals surface area contributed by atoms with Crippen molar-refractivity contribution in [2.75, 3.05) is 25.5 Å². The first-order chi connectivity index (χ1) is 9.38. The van der Waals surface area contributed by atoms with Gasteiger partial charge in [0.25, 0.3) is 0 Å². The smallest absolute Gasteiger partial charge is 0.240 e. The Bertz CT molecular complexity index is 518. The Morgan fingerprint density at radius 1 is 1.25 bits per heavy atom. The van der Waals surface area contributed by atoms with Crippen LogP contribution in [0.1, 0.15) is 30.9 Å². The van der Waals surface area contributed by atoms with Crippen molar-refractivity contribution in [2.45, 2.75) is 38.5 Å². The molecule has 0 spiro atoms. The number of hydrogen-bond acceptors (Lipinski definition) is 4. The average molecular weight is 300 g/mol. The fraction of sp³-hybridized carbons (Fsp3) is 0.571. The lowest BCUT2D eigenvalue weighted by atomic mass is 10.1. The number of hydrogen-bond donors (Lipinski definition) is 2. The van der Waals surface area contributed by atoms with Gasteiger partial charge in [0.15, 0.2) is 0 Å². The Kier molecular flexibility index (Phi) is 6.45. The number of aryl methyl sites for hydroxylation is 1. The number of anilines is 1. The molecule has 0 heterocycles. The van der Waals surface area contributed by atoms with Gasteiger partial charge in [0.2, 0.25) is 10.0 Å². The van der Waals surface area contributed by atoms with Crippen molar-refractivity contribution in [2.24, 2.45) is 0 Å². The monoisotopic (exact) mass is 300 g/mol. The van der Waals surface area contributed by atoms with Crippen LogP contribution < -0.4 is 10.5 Å². The van der Waals surface area contributed by atoms with Gasteiger partial charge in [-0.15, -0.1) is 0 Å². The second-order valence-electron chi connectivity index (χ2n) is 4.82. The summed E-state index contributed by atoms with van der Waals surface area (Å²) in [5, 5.41) is 0. The molecule has 5 nitrogen and oxygen atoms in total. The fourth-order valence-electron chi connectivity index (χ4n) is 1.69. The summed E-state index contributed by atoms with van der Waals surface area (Å²) < 4.78 is 32.1. The van der Waals surface area contributed by atoms with Crippen molar-refractivity contribution < 1.29 is 13.2 Å². The zero-order chi connectivity index (χ0) is 15.2. The highest BCUT2D eigenvalue weighted by Crippen LogP contribution is 2.21. The molecule has 0 unspecified atom stereocenters. The molecular formula is C14H24N2O3S. The number of benzene rings is 1. The maximum atomic E-state index is 12.1. The molecule has 0 aliphatic carbocycles. The van der Waals surface area contributed by atoms with Gasteiger partial charge in [0.1, 0.15) is 0 Å². The predicted octanol–water partition coefficient (Wildman–Crippen LogP) is 1.98. The molecule has 0 radical (unpaired) electrons. The molecule has 0 aliphatic heterocycles. The van der Waals surface area contributed by atoms with Crippen LogP contribution in [0.25, 0.3) is 0 Å². The standard InChI is InChI=1S/C14H24N2O3S/c1-4-5-7-19-8-6-16-20(17,18)13-9-11(2)12(3)14(15)10-13/h9-10,16H,4-8,15H2,1-3H3. The van der Waals surface area contributed by atoms with Crippen molar-refractivity contribution in [1.29, 1.82) is 0 Å². The van der Waals surface area contributed by atoms with Crippen LogP contribution in [0, 0.1) is 13.8 Å². The molecule has 1 rings (SSSR count). The lowest BCUT2D eigenvalue weighted by molar-refractivity contribution is 0.136. The van der Waals surface area contributed by atoms with Gasteiger partial charge in [-0.25, -0.2) is 13.1 Å². The number of rotatable bonds is 8. The van der Waals surface area contributed by atoms with Crippen LogP contribution in [0.3, 0.4) is 0 Å². The first-order valence-electron chi connectivity index (χ1n) is 6.82. The highest BCUT2D eigenvalue weighted by molar-refractivity contribution is 7.89. The maximum absolute atomic E-state index is 12.1. The van der Waals surface area contributed by atoms with E-state index in [1.165, 1.54) is 6.07 Å². The molecule has 0 amide bonds. The summed E-state index contributed by atoms with van der Waals surface area (Å²) in [6, 6.07) is 3.12. The van der Waals surface area contributed by atoms with Crippen molar-refractivity contribution in [3.05, 3.63) is 23.3 Å². The summed E-state index contributed by atoms with van der Waals surface area (Å²) in [4.78, 5) is 0.201. The Morgan fingerprint density at radius 2 is 1.95 bits per heavy atom. The molecule has 0 atom stereocenters. The molecular weight excluding hydrogens is 276 g/mol. The van der Waals surface area contributed by atoms with Crippen molar-refractivity contribution in [1.82, 2.24) is 4.72 Å². The van der Waals surface area contributed by atoms with Crippen LogP contribution in [-0.2, 0) is 14.8 Å². The second-order valence-corrected chi connectivity index (χ2v) is 6.59. The summed E-state index contributed by atoms with van der Waals surface area (Å²) in [6.45, 7) is 7.10. The number of ether oxygens (including phenoxy) is 1. The quantitative estimate of drug-likeness (QED) is 0.568. The van der Waals surface area contributed by atoms with Gasteiger partial charge in [-0.2, -0.15) is 0 Å². The number of nitrogen functional groups attached to an aromatic ring is 1. The van der Waals surface area contributed by atoms with Crippen LogP contribution in [0.5, 0.6) is 0 Å². The Balaban J connectivity index is 2.61. The first-order valence-corrected chi connectivity index (χ1v) is 8.31. The number of nitrogens with one attached hydrogen (secondary N) is 1. The molecule has 0 aromatic heterocycles. The molecule has 1 aromatic rings. The highest BCUT2D eigenvalue weighted by atomic mass is 32.2. The molecule has 0 aliphatic rings. The molecule has 0 fully saturated rings. The predicted molar refractivity (Wildman–Crippen MR) is 81.2 cm³/mol. The lowest BCUT2D eigenvalue weighted by Gasteiger charge is -2.11. The van der Waals surface area contributed by atoms with Gasteiger partial charge in [-0.05, 0) is 43.5 Å². The van der Waals surface area contributed by atoms with E-state index in [0.717, 1.165) is 24.0 Å². The van der Waals surface area contributed by atoms with Gasteiger partial charge in [0.05, 0.1) is 11.5 Å². The minimum Gasteiger partial charge on any atom is -0.398 e. The summed E-state index contributed by atoms with van der Waals surface area (Å²) in [5.74, 6) is 0. The molecule has 0 saturated carbocycles. The van der Waals surface area contributed by atoms with E-state index in [2.05, 4.69) is 11.6 Å². The Morgan fingerprint density at radius 3 is 2.55 bits per heavy atom. The van der Waals surface area contributed by atoms with Gasteiger partial charge >= 0.3 is 0 Å². The summed E-state index contributed by atoms with van der Waals surface area (Å²) in [5.41, 5.74) is 8.08. The first kappa shape index (κ1) is 16.9. The molecule has 3 N–H and O–H groups in total. The third-order valence-corrected chi connectivity index (χ3v) is 4.61. The molecule has 114 valence electrons. The minimum atomic E-state index is -3.52. The van der Waals surface area contributed by atoms with Gasteiger partial charge in [0, 0.05) is 18.8 Å². The molecule has 1 aromatic carbocycles. The zero-order valence-corrected chi connectivity index (χ0v) is 13.2. The van der Waals surface area contributed by atoms with Crippen LogP contribution in [0.2, 0.25) is 0 Å². The highest BCUT2D eigenvalue weighted by Gasteiger charge is 2.15. The van der Waals surface area contributed by atoms with Gasteiger partial charge in [-0.3, -0.25) is 0 Å². The van der Waals surface area contributed by atoms with Crippen LogP contribution >= 0.6 is 0 Å². The summed E-state index contributed by atoms with van der Waals surface area (Å²) in [7, 11) is -3.52. The van der Waals surface area contributed by atoms with E-state index in [4.69, 9.17) is 10.5 Å². The average Bonchev–Trinajstić information content (AvgIpc) is 2.39. The van der Waals surface area contributed by atoms with E-state index in [-0.39, 0.29) is 11.4 Å². The summed E-state index contributed by atoms with van der Waals surface area (Å²) in [6.07, 6.45) is 2.05. The molecule has 20 heavy (non-hydrogen) atoms. The van der Waals surface area contributed by atoms with Gasteiger partial charge in [-0.1, -0.05) is 13.3 Å². The van der Waals surface area contributed by atoms with E-state index in [0.29, 0.717) is 18.9 Å². The van der Waals surface area contributed by atoms with E-state index in [9.17, 15) is 8.42 Å². The van der Waals surface area contributed by atoms with Crippen LogP contribution in [-0.4, -0.2) is 28.2 Å². The molecule has 0 bridgehead atoms. The van der Waals surface area contributed by atoms with E-state index < -0.39 is 10.0 Å². The largest absolute Gasteiger partial charge is 0.398 e. The number of nitrogens with two attached hydrogens (primary N) is 1. The van der Waals surface area contributed by atoms with Crippen LogP contribution in [0.15, 0.2) is 17.0 Å². The SMILES string of the molecule is CCCCOCCNS(=O)(=O)c1cc(C)c(C)c(N)c1. The Labute approximate surface area is 121 Å². The topological polar surface area (TPSA) is 81.4 Å². The number of sulfonamides is 1. The van der Waals surface area contributed by atoms with Crippen molar-refractivity contribution >= 4 is 15.7 Å². The molecule has 0 saturated heterocycles.